The third-order valence-corrected chi connectivity index (χ3v) is 16.1. The molecule has 3 aliphatic heterocycles. The van der Waals surface area contributed by atoms with E-state index in [1.54, 1.807) is 21.6 Å². The van der Waals surface area contributed by atoms with E-state index in [9.17, 15) is 27.6 Å². The van der Waals surface area contributed by atoms with Gasteiger partial charge in [-0.15, -0.1) is 0 Å². The van der Waals surface area contributed by atoms with Gasteiger partial charge in [-0.1, -0.05) is 67.0 Å². The molecule has 2 bridgehead atoms. The smallest absolute Gasteiger partial charge is 0.274 e. The Labute approximate surface area is 303 Å². The zero-order chi connectivity index (χ0) is 37.0. The van der Waals surface area contributed by atoms with Crippen LogP contribution in [0.3, 0.4) is 0 Å². The number of rotatable bonds is 9. The van der Waals surface area contributed by atoms with Gasteiger partial charge in [0, 0.05) is 36.9 Å². The Morgan fingerprint density at radius 3 is 2.41 bits per heavy atom. The van der Waals surface area contributed by atoms with Crippen molar-refractivity contribution < 1.29 is 36.8 Å². The Morgan fingerprint density at radius 1 is 1.12 bits per heavy atom. The van der Waals surface area contributed by atoms with Gasteiger partial charge in [-0.2, -0.15) is 5.06 Å². The van der Waals surface area contributed by atoms with Crippen LogP contribution < -0.4 is 15.9 Å². The number of alkyl halides is 1. The van der Waals surface area contributed by atoms with E-state index in [2.05, 4.69) is 49.8 Å². The Kier molecular flexibility index (Phi) is 10.1. The number of ether oxygens (including phenoxy) is 1. The fraction of sp³-hybridized carbons (Fsp3) is 0.472. The molecular formula is C36H42BrF3N4O6Si. The molecule has 2 saturated heterocycles. The lowest BCUT2D eigenvalue weighted by Crippen LogP contribution is -2.54. The topological polar surface area (TPSA) is 116 Å². The minimum Gasteiger partial charge on any atom is -0.483 e. The van der Waals surface area contributed by atoms with Crippen LogP contribution in [0.15, 0.2) is 53.5 Å². The Hall–Kier alpha value is -3.50. The molecule has 1 unspecified atom stereocenters. The van der Waals surface area contributed by atoms with Gasteiger partial charge in [0.05, 0.1) is 30.2 Å². The summed E-state index contributed by atoms with van der Waals surface area (Å²) in [5.41, 5.74) is 3.73. The molecule has 274 valence electrons. The van der Waals surface area contributed by atoms with E-state index < -0.39 is 65.6 Å². The zero-order valence-electron chi connectivity index (χ0n) is 29.2. The molecule has 1 spiro atoms. The molecule has 0 saturated carbocycles. The number of hydroxylamine groups is 2. The summed E-state index contributed by atoms with van der Waals surface area (Å²) in [6.45, 7) is 10.6. The van der Waals surface area contributed by atoms with Crippen LogP contribution in [0.5, 0.6) is 5.75 Å². The van der Waals surface area contributed by atoms with Crippen LogP contribution in [0.2, 0.25) is 18.1 Å². The third kappa shape index (κ3) is 7.02. The number of nitrogens with zero attached hydrogens (tertiary/aromatic N) is 3. The zero-order valence-corrected chi connectivity index (χ0v) is 31.8. The van der Waals surface area contributed by atoms with E-state index in [-0.39, 0.29) is 60.3 Å². The van der Waals surface area contributed by atoms with Gasteiger partial charge in [0.2, 0.25) is 5.43 Å². The second kappa shape index (κ2) is 13.8. The highest BCUT2D eigenvalue weighted by atomic mass is 79.9. The molecule has 2 fully saturated rings. The summed E-state index contributed by atoms with van der Waals surface area (Å²) in [6.07, 6.45) is 2.39. The number of nitrogens with two attached hydrogens (primary N) is 1. The summed E-state index contributed by atoms with van der Waals surface area (Å²) in [5, 5.41) is 1.30. The summed E-state index contributed by atoms with van der Waals surface area (Å²) in [6, 6.07) is 9.18. The van der Waals surface area contributed by atoms with Gasteiger partial charge < -0.3 is 24.4 Å². The van der Waals surface area contributed by atoms with Gasteiger partial charge in [0.1, 0.15) is 35.2 Å². The van der Waals surface area contributed by atoms with Crippen LogP contribution in [0.4, 0.5) is 13.2 Å². The monoisotopic (exact) mass is 790 g/mol. The molecule has 1 aromatic heterocycles. The van der Waals surface area contributed by atoms with Crippen molar-refractivity contribution in [3.63, 3.8) is 0 Å². The van der Waals surface area contributed by atoms with E-state index in [0.717, 1.165) is 5.56 Å². The van der Waals surface area contributed by atoms with E-state index in [0.29, 0.717) is 25.0 Å². The molecule has 0 aliphatic carbocycles. The van der Waals surface area contributed by atoms with Gasteiger partial charge >= 0.3 is 0 Å². The maximum atomic E-state index is 14.8. The number of fused-ring (bicyclic) bond motifs is 5. The van der Waals surface area contributed by atoms with Crippen molar-refractivity contribution in [1.29, 1.82) is 0 Å². The van der Waals surface area contributed by atoms with Crippen LogP contribution in [0.1, 0.15) is 78.0 Å². The summed E-state index contributed by atoms with van der Waals surface area (Å²) in [7, 11) is -2.26. The predicted molar refractivity (Wildman–Crippen MR) is 189 cm³/mol. The van der Waals surface area contributed by atoms with Crippen molar-refractivity contribution in [2.75, 3.05) is 13.2 Å². The first-order valence-electron chi connectivity index (χ1n) is 16.9. The number of pyridine rings is 1. The van der Waals surface area contributed by atoms with Crippen LogP contribution in [0.25, 0.3) is 0 Å². The number of halogens is 4. The van der Waals surface area contributed by atoms with Crippen LogP contribution in [0, 0.1) is 17.5 Å². The van der Waals surface area contributed by atoms with E-state index in [1.165, 1.54) is 11.3 Å². The minimum atomic E-state index is -2.26. The summed E-state index contributed by atoms with van der Waals surface area (Å²) >= 11 is 3.64. The number of carbonyl (C=O) groups is 2. The number of carbonyl (C=O) groups excluding carboxylic acids is 2. The molecule has 2 N–H and O–H groups in total. The third-order valence-electron chi connectivity index (χ3n) is 10.8. The second-order valence-corrected chi connectivity index (χ2v) is 20.9. The van der Waals surface area contributed by atoms with Gasteiger partial charge in [-0.3, -0.25) is 19.2 Å². The lowest BCUT2D eigenvalue weighted by Gasteiger charge is -2.44. The quantitative estimate of drug-likeness (QED) is 0.151. The average Bonchev–Trinajstić information content (AvgIpc) is 3.30. The predicted octanol–water partition coefficient (Wildman–Crippen LogP) is 6.42. The molecule has 4 atom stereocenters. The van der Waals surface area contributed by atoms with Crippen LogP contribution >= 0.6 is 15.9 Å². The minimum absolute atomic E-state index is 0.0559. The van der Waals surface area contributed by atoms with Gasteiger partial charge in [-0.25, -0.2) is 13.2 Å². The number of primary amides is 1. The normalized spacial score (nSPS) is 23.7. The molecule has 2 aromatic carbocycles. The molecule has 3 aromatic rings. The number of amides is 2. The second-order valence-electron chi connectivity index (χ2n) is 15.1. The highest BCUT2D eigenvalue weighted by molar-refractivity contribution is 9.09. The summed E-state index contributed by atoms with van der Waals surface area (Å²) in [5.74, 6) is -4.91. The number of hydrogen-bond donors (Lipinski definition) is 1. The molecule has 51 heavy (non-hydrogen) atoms. The van der Waals surface area contributed by atoms with Crippen LogP contribution in [-0.2, 0) is 22.4 Å². The van der Waals surface area contributed by atoms with E-state index in [1.807, 2.05) is 18.2 Å². The molecule has 4 heterocycles. The van der Waals surface area contributed by atoms with Gasteiger partial charge in [0.15, 0.2) is 19.8 Å². The van der Waals surface area contributed by atoms with Crippen molar-refractivity contribution in [2.24, 2.45) is 5.73 Å². The average molecular weight is 792 g/mol. The summed E-state index contributed by atoms with van der Waals surface area (Å²) in [4.78, 5) is 48.9. The molecular weight excluding hydrogens is 749 g/mol. The highest BCUT2D eigenvalue weighted by Crippen LogP contribution is 2.50. The van der Waals surface area contributed by atoms with Gasteiger partial charge in [0.25, 0.3) is 11.8 Å². The fourth-order valence-electron chi connectivity index (χ4n) is 6.83. The van der Waals surface area contributed by atoms with Gasteiger partial charge in [-0.05, 0) is 36.5 Å². The first-order valence-corrected chi connectivity index (χ1v) is 20.7. The Balaban J connectivity index is 1.46. The summed E-state index contributed by atoms with van der Waals surface area (Å²) < 4.78 is 57.7. The lowest BCUT2D eigenvalue weighted by atomic mass is 9.85. The number of hydrogen-bond acceptors (Lipinski definition) is 7. The van der Waals surface area contributed by atoms with E-state index in [4.69, 9.17) is 19.7 Å². The molecule has 6 rings (SSSR count). The molecule has 15 heteroatoms. The first kappa shape index (κ1) is 37.3. The van der Waals surface area contributed by atoms with Crippen molar-refractivity contribution in [1.82, 2.24) is 14.5 Å². The number of aromatic nitrogens is 1. The number of benzene rings is 2. The standard InChI is InChI=1S/C36H42BrF3N4O6Si/c1-35(2,3)51(4,5)49-20-23-11-12-36(15-29(37)44(50-36)17-24-26(39)13-22(38)14-27(24)40)28-18-42(23)34(47)30-32(48-19-21-9-7-6-8-10-21)31(45)25(33(41)46)16-43(28)30/h6-10,13-14,16,23,28-29H,11-12,15,17-20H2,1-5H3,(H2,41,46)/t23-,28-,29?,36+/m1/s1. The lowest BCUT2D eigenvalue weighted by molar-refractivity contribution is -0.220. The van der Waals surface area contributed by atoms with Crippen molar-refractivity contribution in [3.8, 4) is 5.75 Å². The van der Waals surface area contributed by atoms with Crippen molar-refractivity contribution >= 4 is 36.1 Å². The Bertz CT molecular complexity index is 1880. The molecule has 0 radical (unpaired) electrons. The molecule has 2 amide bonds. The Morgan fingerprint density at radius 2 is 1.78 bits per heavy atom. The van der Waals surface area contributed by atoms with Crippen molar-refractivity contribution in [3.05, 3.63) is 98.7 Å². The molecule has 3 aliphatic rings. The van der Waals surface area contributed by atoms with Crippen LogP contribution in [-0.4, -0.2) is 64.4 Å². The van der Waals surface area contributed by atoms with Crippen molar-refractivity contribution in [2.45, 2.75) is 94.0 Å². The maximum absolute atomic E-state index is 14.8. The van der Waals surface area contributed by atoms with E-state index >= 15 is 0 Å². The largest absolute Gasteiger partial charge is 0.483 e. The highest BCUT2D eigenvalue weighted by Gasteiger charge is 2.57. The SMILES string of the molecule is CC(C)(C)[Si](C)(C)OC[C@H]1CC[C@]2(CC(Br)N(Cc3c(F)cc(F)cc3F)O2)[C@H]2CN1C(=O)c1c(OCc3ccccc3)c(=O)c(C(N)=O)cn12. The fourth-order valence-corrected chi connectivity index (χ4v) is 8.65. The first-order chi connectivity index (χ1) is 23.9. The maximum Gasteiger partial charge on any atom is 0.274 e. The molecule has 10 nitrogen and oxygen atoms in total.